The number of hydrogen-bond acceptors (Lipinski definition) is 4. The fraction of sp³-hybridized carbons (Fsp3) is 0.667. The van der Waals surface area contributed by atoms with E-state index in [1.165, 1.54) is 24.9 Å². The number of aliphatic imine (C=N–C) groups is 1. The number of nitrogens with zero attached hydrogens (tertiary/aromatic N) is 2. The first-order chi connectivity index (χ1) is 13.2. The summed E-state index contributed by atoms with van der Waals surface area (Å²) in [6.45, 7) is 9.75. The number of halogens is 1. The van der Waals surface area contributed by atoms with Crippen LogP contribution in [-0.4, -0.2) is 62.9 Å². The summed E-state index contributed by atoms with van der Waals surface area (Å²) in [4.78, 5) is 6.92. The molecule has 1 aromatic carbocycles. The van der Waals surface area contributed by atoms with Crippen LogP contribution in [-0.2, 0) is 11.3 Å². The molecule has 0 spiro atoms. The van der Waals surface area contributed by atoms with Gasteiger partial charge in [-0.1, -0.05) is 19.1 Å². The van der Waals surface area contributed by atoms with Gasteiger partial charge in [-0.3, -0.25) is 9.89 Å². The van der Waals surface area contributed by atoms with Crippen molar-refractivity contribution in [1.29, 1.82) is 0 Å². The molecule has 3 rings (SSSR count). The molecule has 0 aliphatic carbocycles. The van der Waals surface area contributed by atoms with Gasteiger partial charge in [0, 0.05) is 38.2 Å². The molecule has 0 aromatic heterocycles. The molecule has 0 saturated carbocycles. The predicted octanol–water partition coefficient (Wildman–Crippen LogP) is 2.93. The van der Waals surface area contributed by atoms with Crippen molar-refractivity contribution in [3.8, 4) is 5.75 Å². The van der Waals surface area contributed by atoms with E-state index in [2.05, 4.69) is 52.6 Å². The smallest absolute Gasteiger partial charge is 0.191 e. The van der Waals surface area contributed by atoms with Crippen molar-refractivity contribution in [1.82, 2.24) is 15.5 Å². The van der Waals surface area contributed by atoms with Gasteiger partial charge in [0.15, 0.2) is 5.96 Å². The van der Waals surface area contributed by atoms with Crippen LogP contribution in [0.4, 0.5) is 0 Å². The lowest BCUT2D eigenvalue weighted by atomic mass is 10.1. The molecule has 0 bridgehead atoms. The Bertz CT molecular complexity index is 635. The van der Waals surface area contributed by atoms with Gasteiger partial charge in [0.25, 0.3) is 0 Å². The van der Waals surface area contributed by atoms with Crippen LogP contribution in [0.15, 0.2) is 23.2 Å². The summed E-state index contributed by atoms with van der Waals surface area (Å²) in [5.41, 5.74) is 2.35. The van der Waals surface area contributed by atoms with E-state index in [0.717, 1.165) is 43.4 Å². The minimum Gasteiger partial charge on any atom is -0.488 e. The van der Waals surface area contributed by atoms with Crippen LogP contribution >= 0.6 is 24.0 Å². The van der Waals surface area contributed by atoms with Gasteiger partial charge in [-0.15, -0.1) is 24.0 Å². The lowest BCUT2D eigenvalue weighted by Crippen LogP contribution is -2.44. The van der Waals surface area contributed by atoms with E-state index in [0.29, 0.717) is 19.2 Å². The molecule has 2 N–H and O–H groups in total. The van der Waals surface area contributed by atoms with Crippen molar-refractivity contribution in [3.05, 3.63) is 29.3 Å². The van der Waals surface area contributed by atoms with Crippen molar-refractivity contribution in [2.24, 2.45) is 4.99 Å². The second kappa shape index (κ2) is 11.8. The average Bonchev–Trinajstić information content (AvgIpc) is 3.34. The van der Waals surface area contributed by atoms with Crippen LogP contribution in [0.3, 0.4) is 0 Å². The first-order valence-electron chi connectivity index (χ1n) is 10.2. The highest BCUT2D eigenvalue weighted by Gasteiger charge is 2.23. The summed E-state index contributed by atoms with van der Waals surface area (Å²) in [6.07, 6.45) is 3.67. The van der Waals surface area contributed by atoms with Gasteiger partial charge >= 0.3 is 0 Å². The molecule has 2 atom stereocenters. The fourth-order valence-electron chi connectivity index (χ4n) is 3.86. The number of rotatable bonds is 7. The Morgan fingerprint density at radius 2 is 2.18 bits per heavy atom. The number of guanidine groups is 1. The van der Waals surface area contributed by atoms with Crippen molar-refractivity contribution in [2.75, 3.05) is 39.9 Å². The van der Waals surface area contributed by atoms with Gasteiger partial charge in [0.05, 0.1) is 13.2 Å². The summed E-state index contributed by atoms with van der Waals surface area (Å²) < 4.78 is 11.6. The van der Waals surface area contributed by atoms with Crippen molar-refractivity contribution < 1.29 is 9.47 Å². The van der Waals surface area contributed by atoms with Gasteiger partial charge in [-0.2, -0.15) is 0 Å². The Labute approximate surface area is 186 Å². The molecule has 1 aromatic rings. The van der Waals surface area contributed by atoms with Crippen molar-refractivity contribution >= 4 is 29.9 Å². The minimum absolute atomic E-state index is 0. The van der Waals surface area contributed by atoms with E-state index in [1.807, 2.05) is 7.05 Å². The fourth-order valence-corrected chi connectivity index (χ4v) is 3.86. The van der Waals surface area contributed by atoms with Gasteiger partial charge in [0.1, 0.15) is 11.9 Å². The number of benzene rings is 1. The van der Waals surface area contributed by atoms with Crippen LogP contribution in [0.5, 0.6) is 5.75 Å². The highest BCUT2D eigenvalue weighted by molar-refractivity contribution is 14.0. The minimum atomic E-state index is 0. The van der Waals surface area contributed by atoms with Gasteiger partial charge in [-0.05, 0) is 44.5 Å². The number of ether oxygens (including phenoxy) is 2. The number of likely N-dealkylation sites (N-methyl/N-ethyl adjacent to an activating group) is 1. The highest BCUT2D eigenvalue weighted by atomic mass is 127. The molecule has 2 aliphatic heterocycles. The summed E-state index contributed by atoms with van der Waals surface area (Å²) in [7, 11) is 1.82. The maximum Gasteiger partial charge on any atom is 0.191 e. The molecule has 158 valence electrons. The quantitative estimate of drug-likeness (QED) is 0.341. The molecule has 2 unspecified atom stereocenters. The predicted molar refractivity (Wildman–Crippen MR) is 125 cm³/mol. The van der Waals surface area contributed by atoms with Crippen LogP contribution in [0.1, 0.15) is 37.3 Å². The topological polar surface area (TPSA) is 58.1 Å². The Balaban J connectivity index is 0.00000280. The maximum absolute atomic E-state index is 6.19. The zero-order valence-corrected chi connectivity index (χ0v) is 19.7. The molecular formula is C21H35IN4O2. The Kier molecular flexibility index (Phi) is 9.81. The number of aryl methyl sites for hydroxylation is 1. The first kappa shape index (κ1) is 23.2. The van der Waals surface area contributed by atoms with Crippen LogP contribution in [0.2, 0.25) is 0 Å². The molecule has 2 aliphatic rings. The SMILES string of the molecule is CCN1CCCC1CNC(=NC)NCc1ccc(C)cc1OC1CCOC1.I. The van der Waals surface area contributed by atoms with Gasteiger partial charge in [-0.25, -0.2) is 0 Å². The first-order valence-corrected chi connectivity index (χ1v) is 10.2. The highest BCUT2D eigenvalue weighted by Crippen LogP contribution is 2.23. The molecule has 0 amide bonds. The van der Waals surface area contributed by atoms with Crippen molar-refractivity contribution in [3.63, 3.8) is 0 Å². The molecular weight excluding hydrogens is 467 g/mol. The zero-order chi connectivity index (χ0) is 19.1. The standard InChI is InChI=1S/C21H34N4O2.HI/c1-4-25-10-5-6-18(25)14-24-21(22-3)23-13-17-8-7-16(2)12-20(17)27-19-9-11-26-15-19;/h7-8,12,18-19H,4-6,9-11,13-15H2,1-3H3,(H2,22,23,24);1H. The van der Waals surface area contributed by atoms with Gasteiger partial charge in [0.2, 0.25) is 0 Å². The lowest BCUT2D eigenvalue weighted by molar-refractivity contribution is 0.140. The Morgan fingerprint density at radius 3 is 2.89 bits per heavy atom. The largest absolute Gasteiger partial charge is 0.488 e. The second-order valence-electron chi connectivity index (χ2n) is 7.45. The third-order valence-corrected chi connectivity index (χ3v) is 5.48. The average molecular weight is 502 g/mol. The molecule has 6 nitrogen and oxygen atoms in total. The third-order valence-electron chi connectivity index (χ3n) is 5.48. The summed E-state index contributed by atoms with van der Waals surface area (Å²) >= 11 is 0. The second-order valence-corrected chi connectivity index (χ2v) is 7.45. The van der Waals surface area contributed by atoms with Crippen molar-refractivity contribution in [2.45, 2.75) is 51.8 Å². The van der Waals surface area contributed by atoms with Crippen LogP contribution in [0.25, 0.3) is 0 Å². The molecule has 28 heavy (non-hydrogen) atoms. The van der Waals surface area contributed by atoms with Crippen LogP contribution < -0.4 is 15.4 Å². The number of likely N-dealkylation sites (tertiary alicyclic amines) is 1. The molecule has 2 heterocycles. The molecule has 0 radical (unpaired) electrons. The summed E-state index contributed by atoms with van der Waals surface area (Å²) in [5.74, 6) is 1.79. The summed E-state index contributed by atoms with van der Waals surface area (Å²) in [5, 5.41) is 6.92. The molecule has 2 saturated heterocycles. The van der Waals surface area contributed by atoms with E-state index < -0.39 is 0 Å². The number of nitrogens with one attached hydrogen (secondary N) is 2. The monoisotopic (exact) mass is 502 g/mol. The summed E-state index contributed by atoms with van der Waals surface area (Å²) in [6, 6.07) is 6.98. The Morgan fingerprint density at radius 1 is 1.32 bits per heavy atom. The molecule has 7 heteroatoms. The van der Waals surface area contributed by atoms with Crippen LogP contribution in [0, 0.1) is 6.92 Å². The normalized spacial score (nSPS) is 22.8. The van der Waals surface area contributed by atoms with E-state index >= 15 is 0 Å². The molecule has 2 fully saturated rings. The van der Waals surface area contributed by atoms with Gasteiger partial charge < -0.3 is 20.1 Å². The zero-order valence-electron chi connectivity index (χ0n) is 17.4. The third kappa shape index (κ3) is 6.49. The van der Waals surface area contributed by atoms with E-state index in [4.69, 9.17) is 9.47 Å². The Hall–Kier alpha value is -1.06. The lowest BCUT2D eigenvalue weighted by Gasteiger charge is -2.24. The van der Waals surface area contributed by atoms with E-state index in [1.54, 1.807) is 0 Å². The maximum atomic E-state index is 6.19. The number of hydrogen-bond donors (Lipinski definition) is 2. The van der Waals surface area contributed by atoms with E-state index in [9.17, 15) is 0 Å². The van der Waals surface area contributed by atoms with E-state index in [-0.39, 0.29) is 30.1 Å².